The van der Waals surface area contributed by atoms with Crippen molar-refractivity contribution in [3.8, 4) is 22.4 Å². The summed E-state index contributed by atoms with van der Waals surface area (Å²) in [6.45, 7) is 11.3. The van der Waals surface area contributed by atoms with E-state index < -0.39 is 5.92 Å². The van der Waals surface area contributed by atoms with Gasteiger partial charge < -0.3 is 14.6 Å². The van der Waals surface area contributed by atoms with Gasteiger partial charge in [-0.1, -0.05) is 65.0 Å². The number of imidazole rings is 1. The summed E-state index contributed by atoms with van der Waals surface area (Å²) in [5.41, 5.74) is 5.78. The Kier molecular flexibility index (Phi) is 8.65. The molecule has 2 atom stereocenters. The highest BCUT2D eigenvalue weighted by Crippen LogP contribution is 2.36. The van der Waals surface area contributed by atoms with Gasteiger partial charge >= 0.3 is 5.97 Å². The second-order valence-corrected chi connectivity index (χ2v) is 12.7. The van der Waals surface area contributed by atoms with E-state index in [1.165, 1.54) is 27.4 Å². The molecule has 1 saturated heterocycles. The minimum absolute atomic E-state index is 0.00102. The number of likely N-dealkylation sites (tertiary alicyclic amines) is 1. The molecule has 2 heterocycles. The normalized spacial score (nSPS) is 16.6. The van der Waals surface area contributed by atoms with Gasteiger partial charge in [-0.2, -0.15) is 0 Å². The maximum atomic E-state index is 13.5. The zero-order valence-electron chi connectivity index (χ0n) is 23.2. The summed E-state index contributed by atoms with van der Waals surface area (Å²) in [4.78, 5) is 35.6. The fraction of sp³-hybridized carbons (Fsp3) is 0.452. The Balaban J connectivity index is 1.58. The predicted octanol–water partition coefficient (Wildman–Crippen LogP) is 7.14. The van der Waals surface area contributed by atoms with E-state index in [-0.39, 0.29) is 35.7 Å². The standard InChI is InChI=1S/C31H38IN3O3/c1-19(2)23(17-28(36)38-6)30(37)35-15-7-8-27(35)29-33-18-26(34-29)21-11-14-25(32)24(16-21)20-9-12-22(13-10-20)31(3,4)5/h9-14,16,18-19,23,27H,7-8,15,17H2,1-6H3,(H,33,34)/t23-,27-/m0/s1. The van der Waals surface area contributed by atoms with Gasteiger partial charge in [0.15, 0.2) is 0 Å². The number of amides is 1. The highest BCUT2D eigenvalue weighted by atomic mass is 127. The Morgan fingerprint density at radius 1 is 1.13 bits per heavy atom. The van der Waals surface area contributed by atoms with Gasteiger partial charge in [0.05, 0.1) is 37.4 Å². The molecule has 0 spiro atoms. The lowest BCUT2D eigenvalue weighted by molar-refractivity contribution is -0.148. The average Bonchev–Trinajstić information content (AvgIpc) is 3.56. The minimum Gasteiger partial charge on any atom is -0.469 e. The SMILES string of the molecule is COC(=O)C[C@H](C(=O)N1CCC[C@H]1c1ncc(-c2ccc(I)c(-c3ccc(C(C)(C)C)cc3)c2)[nH]1)C(C)C. The highest BCUT2D eigenvalue weighted by Gasteiger charge is 2.37. The van der Waals surface area contributed by atoms with Crippen LogP contribution in [0.15, 0.2) is 48.7 Å². The number of methoxy groups -OCH3 is 1. The molecule has 202 valence electrons. The van der Waals surface area contributed by atoms with E-state index in [4.69, 9.17) is 9.72 Å². The molecule has 3 aromatic rings. The fourth-order valence-corrected chi connectivity index (χ4v) is 5.76. The number of carbonyl (C=O) groups excluding carboxylic acids is 2. The molecule has 0 radical (unpaired) electrons. The molecule has 0 aliphatic carbocycles. The number of hydrogen-bond acceptors (Lipinski definition) is 4. The van der Waals surface area contributed by atoms with Gasteiger partial charge in [-0.05, 0) is 75.6 Å². The van der Waals surface area contributed by atoms with Crippen molar-refractivity contribution in [2.45, 2.75) is 65.3 Å². The summed E-state index contributed by atoms with van der Waals surface area (Å²) in [6, 6.07) is 15.1. The number of ether oxygens (including phenoxy) is 1. The summed E-state index contributed by atoms with van der Waals surface area (Å²) in [5, 5.41) is 0. The quantitative estimate of drug-likeness (QED) is 0.223. The van der Waals surface area contributed by atoms with Crippen LogP contribution in [0.25, 0.3) is 22.4 Å². The molecule has 1 N–H and O–H groups in total. The Morgan fingerprint density at radius 3 is 2.45 bits per heavy atom. The maximum Gasteiger partial charge on any atom is 0.306 e. The van der Waals surface area contributed by atoms with Gasteiger partial charge in [-0.3, -0.25) is 9.59 Å². The number of hydrogen-bond donors (Lipinski definition) is 1. The molecular formula is C31H38IN3O3. The number of rotatable bonds is 7. The number of aromatic nitrogens is 2. The zero-order chi connectivity index (χ0) is 27.6. The Morgan fingerprint density at radius 2 is 1.82 bits per heavy atom. The Bertz CT molecular complexity index is 1290. The average molecular weight is 628 g/mol. The number of halogens is 1. The van der Waals surface area contributed by atoms with Crippen LogP contribution in [0.5, 0.6) is 0 Å². The van der Waals surface area contributed by atoms with E-state index in [1.54, 1.807) is 0 Å². The van der Waals surface area contributed by atoms with Crippen molar-refractivity contribution in [1.82, 2.24) is 14.9 Å². The van der Waals surface area contributed by atoms with Crippen molar-refractivity contribution < 1.29 is 14.3 Å². The fourth-order valence-electron chi connectivity index (χ4n) is 5.12. The lowest BCUT2D eigenvalue weighted by Gasteiger charge is -2.29. The predicted molar refractivity (Wildman–Crippen MR) is 160 cm³/mol. The summed E-state index contributed by atoms with van der Waals surface area (Å²) in [7, 11) is 1.37. The van der Waals surface area contributed by atoms with Gasteiger partial charge in [0.1, 0.15) is 5.82 Å². The highest BCUT2D eigenvalue weighted by molar-refractivity contribution is 14.1. The van der Waals surface area contributed by atoms with Crippen molar-refractivity contribution in [3.05, 3.63) is 63.6 Å². The van der Waals surface area contributed by atoms with Crippen LogP contribution in [-0.2, 0) is 19.7 Å². The van der Waals surface area contributed by atoms with E-state index >= 15 is 0 Å². The molecule has 1 aromatic heterocycles. The first-order chi connectivity index (χ1) is 18.0. The number of H-pyrrole nitrogens is 1. The van der Waals surface area contributed by atoms with E-state index in [2.05, 4.69) is 90.8 Å². The molecule has 4 rings (SSSR count). The van der Waals surface area contributed by atoms with Gasteiger partial charge in [0.2, 0.25) is 5.91 Å². The van der Waals surface area contributed by atoms with Crippen LogP contribution in [0.2, 0.25) is 0 Å². The van der Waals surface area contributed by atoms with Crippen LogP contribution < -0.4 is 0 Å². The molecule has 1 fully saturated rings. The molecule has 0 saturated carbocycles. The molecule has 1 aliphatic heterocycles. The van der Waals surface area contributed by atoms with Crippen LogP contribution in [0, 0.1) is 15.4 Å². The van der Waals surface area contributed by atoms with Gasteiger partial charge in [0, 0.05) is 15.7 Å². The molecule has 1 amide bonds. The van der Waals surface area contributed by atoms with Crippen molar-refractivity contribution in [2.75, 3.05) is 13.7 Å². The smallest absolute Gasteiger partial charge is 0.306 e. The molecule has 38 heavy (non-hydrogen) atoms. The third-order valence-corrected chi connectivity index (χ3v) is 8.46. The third kappa shape index (κ3) is 6.14. The van der Waals surface area contributed by atoms with Crippen LogP contribution in [0.3, 0.4) is 0 Å². The molecule has 6 nitrogen and oxygen atoms in total. The van der Waals surface area contributed by atoms with E-state index in [1.807, 2.05) is 24.9 Å². The summed E-state index contributed by atoms with van der Waals surface area (Å²) >= 11 is 2.39. The first-order valence-electron chi connectivity index (χ1n) is 13.3. The lowest BCUT2D eigenvalue weighted by atomic mass is 9.86. The van der Waals surface area contributed by atoms with Gasteiger partial charge in [0.25, 0.3) is 0 Å². The molecule has 7 heteroatoms. The third-order valence-electron chi connectivity index (χ3n) is 7.52. The van der Waals surface area contributed by atoms with E-state index in [0.29, 0.717) is 6.54 Å². The Labute approximate surface area is 239 Å². The van der Waals surface area contributed by atoms with E-state index in [0.717, 1.165) is 29.9 Å². The summed E-state index contributed by atoms with van der Waals surface area (Å²) in [5.74, 6) is 0.0800. The molecular weight excluding hydrogens is 589 g/mol. The van der Waals surface area contributed by atoms with Crippen LogP contribution in [-0.4, -0.2) is 40.4 Å². The zero-order valence-corrected chi connectivity index (χ0v) is 25.3. The second kappa shape index (κ2) is 11.6. The number of nitrogens with one attached hydrogen (secondary N) is 1. The number of aromatic amines is 1. The van der Waals surface area contributed by atoms with Crippen molar-refractivity contribution in [2.24, 2.45) is 11.8 Å². The minimum atomic E-state index is -0.402. The Hall–Kier alpha value is -2.68. The largest absolute Gasteiger partial charge is 0.469 e. The van der Waals surface area contributed by atoms with Crippen LogP contribution >= 0.6 is 22.6 Å². The van der Waals surface area contributed by atoms with Gasteiger partial charge in [-0.25, -0.2) is 4.98 Å². The monoisotopic (exact) mass is 627 g/mol. The number of carbonyl (C=O) groups is 2. The van der Waals surface area contributed by atoms with Crippen LogP contribution in [0.1, 0.15) is 71.3 Å². The maximum absolute atomic E-state index is 13.5. The topological polar surface area (TPSA) is 75.3 Å². The first kappa shape index (κ1) is 28.3. The van der Waals surface area contributed by atoms with Crippen molar-refractivity contribution in [1.29, 1.82) is 0 Å². The number of esters is 1. The number of benzene rings is 2. The lowest BCUT2D eigenvalue weighted by Crippen LogP contribution is -2.39. The van der Waals surface area contributed by atoms with E-state index in [9.17, 15) is 9.59 Å². The first-order valence-corrected chi connectivity index (χ1v) is 14.4. The molecule has 1 aliphatic rings. The molecule has 0 unspecified atom stereocenters. The molecule has 2 aromatic carbocycles. The van der Waals surface area contributed by atoms with Gasteiger partial charge in [-0.15, -0.1) is 0 Å². The van der Waals surface area contributed by atoms with Crippen molar-refractivity contribution in [3.63, 3.8) is 0 Å². The molecule has 0 bridgehead atoms. The van der Waals surface area contributed by atoms with Crippen molar-refractivity contribution >= 4 is 34.5 Å². The summed E-state index contributed by atoms with van der Waals surface area (Å²) < 4.78 is 6.04. The summed E-state index contributed by atoms with van der Waals surface area (Å²) in [6.07, 6.45) is 3.72. The number of nitrogens with zero attached hydrogens (tertiary/aromatic N) is 2. The van der Waals surface area contributed by atoms with Crippen LogP contribution in [0.4, 0.5) is 0 Å². The second-order valence-electron chi connectivity index (χ2n) is 11.5.